The number of likely N-dealkylation sites (tertiary alicyclic amines) is 1. The lowest BCUT2D eigenvalue weighted by atomic mass is 9.98. The van der Waals surface area contributed by atoms with Crippen LogP contribution < -0.4 is 10.1 Å². The lowest BCUT2D eigenvalue weighted by Crippen LogP contribution is -2.41. The van der Waals surface area contributed by atoms with Gasteiger partial charge in [-0.2, -0.15) is 4.98 Å². The second-order valence-electron chi connectivity index (χ2n) is 6.56. The van der Waals surface area contributed by atoms with E-state index in [9.17, 15) is 4.79 Å². The average Bonchev–Trinajstić information content (AvgIpc) is 3.03. The van der Waals surface area contributed by atoms with E-state index in [-0.39, 0.29) is 18.1 Å². The van der Waals surface area contributed by atoms with Gasteiger partial charge >= 0.3 is 6.03 Å². The van der Waals surface area contributed by atoms with Crippen LogP contribution in [0.5, 0.6) is 5.75 Å². The Hall–Kier alpha value is -2.57. The zero-order chi connectivity index (χ0) is 17.8. The van der Waals surface area contributed by atoms with E-state index in [0.717, 1.165) is 12.8 Å². The maximum absolute atomic E-state index is 12.7. The summed E-state index contributed by atoms with van der Waals surface area (Å²) < 4.78 is 11.0. The van der Waals surface area contributed by atoms with Gasteiger partial charge < -0.3 is 19.5 Å². The Morgan fingerprint density at radius 1 is 1.40 bits per heavy atom. The van der Waals surface area contributed by atoms with E-state index >= 15 is 0 Å². The van der Waals surface area contributed by atoms with E-state index in [4.69, 9.17) is 9.26 Å². The van der Waals surface area contributed by atoms with Gasteiger partial charge in [-0.15, -0.1) is 0 Å². The molecule has 1 aliphatic rings. The van der Waals surface area contributed by atoms with Crippen molar-refractivity contribution in [2.24, 2.45) is 0 Å². The summed E-state index contributed by atoms with van der Waals surface area (Å²) in [7, 11) is 0. The number of urea groups is 1. The molecule has 0 radical (unpaired) electrons. The Morgan fingerprint density at radius 3 is 2.92 bits per heavy atom. The number of aromatic nitrogens is 2. The molecule has 0 saturated carbocycles. The molecule has 2 heterocycles. The molecule has 1 aromatic heterocycles. The summed E-state index contributed by atoms with van der Waals surface area (Å²) in [5.74, 6) is 1.99. The number of benzene rings is 1. The van der Waals surface area contributed by atoms with Crippen LogP contribution in [0.1, 0.15) is 44.3 Å². The van der Waals surface area contributed by atoms with Crippen molar-refractivity contribution >= 4 is 11.7 Å². The number of nitrogens with one attached hydrogen (secondary N) is 1. The molecule has 0 spiro atoms. The quantitative estimate of drug-likeness (QED) is 0.917. The largest absolute Gasteiger partial charge is 0.489 e. The molecule has 25 heavy (non-hydrogen) atoms. The van der Waals surface area contributed by atoms with Gasteiger partial charge in [-0.3, -0.25) is 0 Å². The van der Waals surface area contributed by atoms with E-state index in [1.807, 2.05) is 38.1 Å². The fourth-order valence-electron chi connectivity index (χ4n) is 2.96. The van der Waals surface area contributed by atoms with Crippen molar-refractivity contribution in [3.05, 3.63) is 36.0 Å². The van der Waals surface area contributed by atoms with Gasteiger partial charge in [0, 0.05) is 13.1 Å². The molecule has 0 aliphatic carbocycles. The van der Waals surface area contributed by atoms with E-state index in [1.54, 1.807) is 11.8 Å². The van der Waals surface area contributed by atoms with Gasteiger partial charge in [-0.05, 0) is 45.7 Å². The van der Waals surface area contributed by atoms with Crippen LogP contribution in [0.2, 0.25) is 0 Å². The van der Waals surface area contributed by atoms with Crippen LogP contribution in [0.15, 0.2) is 28.8 Å². The van der Waals surface area contributed by atoms with Crippen molar-refractivity contribution in [3.63, 3.8) is 0 Å². The molecule has 1 saturated heterocycles. The molecule has 1 aromatic carbocycles. The van der Waals surface area contributed by atoms with Gasteiger partial charge in [0.25, 0.3) is 0 Å². The summed E-state index contributed by atoms with van der Waals surface area (Å²) in [5.41, 5.74) is 0.678. The minimum absolute atomic E-state index is 0.0400. The minimum Gasteiger partial charge on any atom is -0.489 e. The highest BCUT2D eigenvalue weighted by Crippen LogP contribution is 2.28. The predicted octanol–water partition coefficient (Wildman–Crippen LogP) is 3.58. The first-order valence-corrected chi connectivity index (χ1v) is 8.64. The van der Waals surface area contributed by atoms with Crippen LogP contribution in [0.4, 0.5) is 10.5 Å². The van der Waals surface area contributed by atoms with Crippen LogP contribution in [-0.4, -0.2) is 40.3 Å². The molecule has 1 fully saturated rings. The number of nitrogens with zero attached hydrogens (tertiary/aromatic N) is 3. The van der Waals surface area contributed by atoms with Gasteiger partial charge in [0.1, 0.15) is 5.75 Å². The summed E-state index contributed by atoms with van der Waals surface area (Å²) in [6.45, 7) is 7.00. The molecule has 2 amide bonds. The first kappa shape index (κ1) is 17.3. The monoisotopic (exact) mass is 344 g/mol. The Bertz CT molecular complexity index is 729. The standard InChI is InChI=1S/C18H24N4O3/c1-12(2)24-16-9-5-4-8-15(16)20-18(23)22-10-6-7-14(11-22)17-19-13(3)21-25-17/h4-5,8-9,12,14H,6-7,10-11H2,1-3H3,(H,20,23). The van der Waals surface area contributed by atoms with Crippen molar-refractivity contribution < 1.29 is 14.1 Å². The number of aryl methyl sites for hydroxylation is 1. The lowest BCUT2D eigenvalue weighted by molar-refractivity contribution is 0.183. The van der Waals surface area contributed by atoms with Crippen LogP contribution >= 0.6 is 0 Å². The Morgan fingerprint density at radius 2 is 2.20 bits per heavy atom. The normalized spacial score (nSPS) is 17.6. The number of ether oxygens (including phenoxy) is 1. The summed E-state index contributed by atoms with van der Waals surface area (Å²) in [6.07, 6.45) is 1.89. The number of anilines is 1. The Labute approximate surface area is 147 Å². The number of rotatable bonds is 4. The number of carbonyl (C=O) groups is 1. The minimum atomic E-state index is -0.138. The van der Waals surface area contributed by atoms with E-state index in [0.29, 0.717) is 36.2 Å². The number of carbonyl (C=O) groups excluding carboxylic acids is 1. The summed E-state index contributed by atoms with van der Waals surface area (Å²) in [6, 6.07) is 7.33. The molecule has 1 unspecified atom stereocenters. The zero-order valence-corrected chi connectivity index (χ0v) is 14.9. The topological polar surface area (TPSA) is 80.5 Å². The highest BCUT2D eigenvalue weighted by molar-refractivity contribution is 5.91. The molecule has 2 aromatic rings. The average molecular weight is 344 g/mol. The number of hydrogen-bond donors (Lipinski definition) is 1. The first-order chi connectivity index (χ1) is 12.0. The Balaban J connectivity index is 1.67. The van der Waals surface area contributed by atoms with Crippen molar-refractivity contribution in [3.8, 4) is 5.75 Å². The van der Waals surface area contributed by atoms with E-state index in [1.165, 1.54) is 0 Å². The predicted molar refractivity (Wildman–Crippen MR) is 93.8 cm³/mol. The number of piperidine rings is 1. The third-order valence-electron chi connectivity index (χ3n) is 4.09. The molecule has 1 aliphatic heterocycles. The second kappa shape index (κ2) is 7.55. The van der Waals surface area contributed by atoms with Crippen LogP contribution in [0.25, 0.3) is 0 Å². The van der Waals surface area contributed by atoms with Gasteiger partial charge in [-0.1, -0.05) is 17.3 Å². The number of hydrogen-bond acceptors (Lipinski definition) is 5. The zero-order valence-electron chi connectivity index (χ0n) is 14.9. The Kier molecular flexibility index (Phi) is 5.21. The summed E-state index contributed by atoms with van der Waals surface area (Å²) >= 11 is 0. The van der Waals surface area contributed by atoms with Crippen molar-refractivity contribution in [1.29, 1.82) is 0 Å². The smallest absolute Gasteiger partial charge is 0.321 e. The molecule has 3 rings (SSSR count). The molecule has 0 bridgehead atoms. The van der Waals surface area contributed by atoms with Crippen molar-refractivity contribution in [1.82, 2.24) is 15.0 Å². The van der Waals surface area contributed by atoms with Crippen molar-refractivity contribution in [2.75, 3.05) is 18.4 Å². The van der Waals surface area contributed by atoms with Crippen LogP contribution in [-0.2, 0) is 0 Å². The lowest BCUT2D eigenvalue weighted by Gasteiger charge is -2.31. The van der Waals surface area contributed by atoms with Gasteiger partial charge in [0.05, 0.1) is 17.7 Å². The fraction of sp³-hybridized carbons (Fsp3) is 0.500. The first-order valence-electron chi connectivity index (χ1n) is 8.64. The highest BCUT2D eigenvalue weighted by Gasteiger charge is 2.28. The van der Waals surface area contributed by atoms with Crippen molar-refractivity contribution in [2.45, 2.75) is 45.6 Å². The third-order valence-corrected chi connectivity index (χ3v) is 4.09. The second-order valence-corrected chi connectivity index (χ2v) is 6.56. The summed E-state index contributed by atoms with van der Waals surface area (Å²) in [4.78, 5) is 18.8. The molecule has 134 valence electrons. The maximum Gasteiger partial charge on any atom is 0.321 e. The van der Waals surface area contributed by atoms with Crippen LogP contribution in [0.3, 0.4) is 0 Å². The van der Waals surface area contributed by atoms with Crippen LogP contribution in [0, 0.1) is 6.92 Å². The van der Waals surface area contributed by atoms with E-state index in [2.05, 4.69) is 15.5 Å². The molecule has 1 N–H and O–H groups in total. The molecular formula is C18H24N4O3. The molecule has 7 nitrogen and oxygen atoms in total. The highest BCUT2D eigenvalue weighted by atomic mass is 16.5. The van der Waals surface area contributed by atoms with Gasteiger partial charge in [-0.25, -0.2) is 4.79 Å². The van der Waals surface area contributed by atoms with Gasteiger partial charge in [0.15, 0.2) is 5.82 Å². The maximum atomic E-state index is 12.7. The third kappa shape index (κ3) is 4.29. The fourth-order valence-corrected chi connectivity index (χ4v) is 2.96. The molecule has 1 atom stereocenters. The SMILES string of the molecule is Cc1noc(C2CCCN(C(=O)Nc3ccccc3OC(C)C)C2)n1. The number of amides is 2. The molecular weight excluding hydrogens is 320 g/mol. The number of para-hydroxylation sites is 2. The van der Waals surface area contributed by atoms with Gasteiger partial charge in [0.2, 0.25) is 5.89 Å². The molecule has 7 heteroatoms. The summed E-state index contributed by atoms with van der Waals surface area (Å²) in [5, 5.41) is 6.81. The van der Waals surface area contributed by atoms with E-state index < -0.39 is 0 Å².